The first-order valence-corrected chi connectivity index (χ1v) is 7.21. The summed E-state index contributed by atoms with van der Waals surface area (Å²) >= 11 is 0. The van der Waals surface area contributed by atoms with Crippen molar-refractivity contribution in [3.63, 3.8) is 0 Å². The molecule has 6 nitrogen and oxygen atoms in total. The quantitative estimate of drug-likeness (QED) is 0.834. The Morgan fingerprint density at radius 2 is 2.15 bits per heavy atom. The lowest BCUT2D eigenvalue weighted by Gasteiger charge is -2.40. The van der Waals surface area contributed by atoms with Crippen molar-refractivity contribution in [3.05, 3.63) is 0 Å². The van der Waals surface area contributed by atoms with Crippen LogP contribution in [0, 0.1) is 5.92 Å². The van der Waals surface area contributed by atoms with Gasteiger partial charge < -0.3 is 19.6 Å². The lowest BCUT2D eigenvalue weighted by molar-refractivity contribution is -0.143. The number of piperidine rings is 1. The first kappa shape index (κ1) is 16.8. The summed E-state index contributed by atoms with van der Waals surface area (Å²) in [5, 5.41) is 9.06. The number of amides is 2. The molecule has 1 rings (SSSR count). The van der Waals surface area contributed by atoms with Crippen LogP contribution in [-0.4, -0.2) is 65.8 Å². The summed E-state index contributed by atoms with van der Waals surface area (Å²) in [6.45, 7) is 7.45. The molecule has 6 heteroatoms. The van der Waals surface area contributed by atoms with Crippen molar-refractivity contribution in [1.29, 1.82) is 0 Å². The van der Waals surface area contributed by atoms with E-state index in [-0.39, 0.29) is 24.0 Å². The third-order valence-corrected chi connectivity index (χ3v) is 4.00. The van der Waals surface area contributed by atoms with Gasteiger partial charge in [0.05, 0.1) is 18.6 Å². The third kappa shape index (κ3) is 3.85. The summed E-state index contributed by atoms with van der Waals surface area (Å²) in [6.07, 6.45) is 1.05. The van der Waals surface area contributed by atoms with E-state index in [1.807, 2.05) is 20.8 Å². The maximum absolute atomic E-state index is 12.6. The summed E-state index contributed by atoms with van der Waals surface area (Å²) in [5.41, 5.74) is 0. The molecule has 1 N–H and O–H groups in total. The molecule has 1 heterocycles. The normalized spacial score (nSPS) is 24.3. The predicted molar refractivity (Wildman–Crippen MR) is 75.6 cm³/mol. The predicted octanol–water partition coefficient (Wildman–Crippen LogP) is 1.65. The molecule has 0 aromatic heterocycles. The molecule has 0 aromatic rings. The van der Waals surface area contributed by atoms with E-state index < -0.39 is 5.97 Å². The third-order valence-electron chi connectivity index (χ3n) is 4.00. The van der Waals surface area contributed by atoms with Crippen LogP contribution in [0.25, 0.3) is 0 Å². The number of rotatable bonds is 5. The number of likely N-dealkylation sites (tertiary alicyclic amines) is 1. The Kier molecular flexibility index (Phi) is 6.26. The molecule has 2 amide bonds. The highest BCUT2D eigenvalue weighted by Gasteiger charge is 2.34. The number of carboxylic acid groups (broad SMARTS) is 1. The largest absolute Gasteiger partial charge is 0.481 e. The van der Waals surface area contributed by atoms with Gasteiger partial charge in [-0.25, -0.2) is 4.79 Å². The minimum absolute atomic E-state index is 0.0156. The number of hydrogen-bond acceptors (Lipinski definition) is 3. The van der Waals surface area contributed by atoms with E-state index in [1.54, 1.807) is 16.9 Å². The van der Waals surface area contributed by atoms with Crippen molar-refractivity contribution in [2.45, 2.75) is 45.7 Å². The number of aliphatic carboxylic acids is 1. The molecule has 0 saturated carbocycles. The lowest BCUT2D eigenvalue weighted by Crippen LogP contribution is -2.54. The van der Waals surface area contributed by atoms with Gasteiger partial charge in [-0.15, -0.1) is 0 Å². The molecule has 1 fully saturated rings. The maximum atomic E-state index is 12.6. The first-order chi connectivity index (χ1) is 9.42. The van der Waals surface area contributed by atoms with Gasteiger partial charge in [0.2, 0.25) is 0 Å². The molecule has 3 atom stereocenters. The van der Waals surface area contributed by atoms with Crippen LogP contribution < -0.4 is 0 Å². The van der Waals surface area contributed by atoms with Crippen LogP contribution in [0.4, 0.5) is 4.79 Å². The number of nitrogens with zero attached hydrogens (tertiary/aromatic N) is 2. The van der Waals surface area contributed by atoms with Crippen LogP contribution in [0.2, 0.25) is 0 Å². The average molecular weight is 286 g/mol. The van der Waals surface area contributed by atoms with E-state index in [1.165, 1.54) is 0 Å². The van der Waals surface area contributed by atoms with Gasteiger partial charge in [-0.1, -0.05) is 0 Å². The highest BCUT2D eigenvalue weighted by atomic mass is 16.5. The van der Waals surface area contributed by atoms with E-state index in [9.17, 15) is 9.59 Å². The second kappa shape index (κ2) is 7.47. The van der Waals surface area contributed by atoms with E-state index in [0.29, 0.717) is 32.5 Å². The van der Waals surface area contributed by atoms with E-state index in [2.05, 4.69) is 0 Å². The van der Waals surface area contributed by atoms with E-state index >= 15 is 0 Å². The molecular formula is C14H26N2O4. The fourth-order valence-electron chi connectivity index (χ4n) is 2.81. The molecule has 0 radical (unpaired) electrons. The highest BCUT2D eigenvalue weighted by Crippen LogP contribution is 2.24. The molecule has 116 valence electrons. The van der Waals surface area contributed by atoms with Crippen LogP contribution in [0.1, 0.15) is 33.6 Å². The fourth-order valence-corrected chi connectivity index (χ4v) is 2.81. The SMILES string of the molecule is CCN(C(=O)N1CCC(C(=O)O)CC1C)C(C)COC. The van der Waals surface area contributed by atoms with Crippen molar-refractivity contribution in [1.82, 2.24) is 9.80 Å². The summed E-state index contributed by atoms with van der Waals surface area (Å²) in [5.74, 6) is -1.09. The lowest BCUT2D eigenvalue weighted by atomic mass is 9.92. The zero-order valence-electron chi connectivity index (χ0n) is 12.8. The van der Waals surface area contributed by atoms with Crippen LogP contribution in [0.5, 0.6) is 0 Å². The second-order valence-electron chi connectivity index (χ2n) is 5.47. The van der Waals surface area contributed by atoms with Crippen molar-refractivity contribution in [2.75, 3.05) is 26.8 Å². The van der Waals surface area contributed by atoms with Gasteiger partial charge in [-0.05, 0) is 33.6 Å². The average Bonchev–Trinajstić information content (AvgIpc) is 2.39. The number of carbonyl (C=O) groups excluding carboxylic acids is 1. The van der Waals surface area contributed by atoms with Crippen LogP contribution in [0.15, 0.2) is 0 Å². The maximum Gasteiger partial charge on any atom is 0.320 e. The molecule has 0 aromatic carbocycles. The topological polar surface area (TPSA) is 70.1 Å². The van der Waals surface area contributed by atoms with Gasteiger partial charge in [0.25, 0.3) is 0 Å². The van der Waals surface area contributed by atoms with Crippen LogP contribution in [-0.2, 0) is 9.53 Å². The minimum Gasteiger partial charge on any atom is -0.481 e. The smallest absolute Gasteiger partial charge is 0.320 e. The number of likely N-dealkylation sites (N-methyl/N-ethyl adjacent to an activating group) is 1. The van der Waals surface area contributed by atoms with Crippen molar-refractivity contribution >= 4 is 12.0 Å². The Bertz CT molecular complexity index is 348. The fraction of sp³-hybridized carbons (Fsp3) is 0.857. The monoisotopic (exact) mass is 286 g/mol. The standard InChI is InChI=1S/C14H26N2O4/c1-5-15(11(3)9-20-4)14(19)16-7-6-12(13(17)18)8-10(16)2/h10-12H,5-9H2,1-4H3,(H,17,18). The molecule has 0 aliphatic carbocycles. The van der Waals surface area contributed by atoms with Gasteiger partial charge in [0.15, 0.2) is 0 Å². The highest BCUT2D eigenvalue weighted by molar-refractivity contribution is 5.76. The van der Waals surface area contributed by atoms with Crippen molar-refractivity contribution in [3.8, 4) is 0 Å². The zero-order valence-corrected chi connectivity index (χ0v) is 12.8. The summed E-state index contributed by atoms with van der Waals surface area (Å²) < 4.78 is 5.11. The molecule has 1 aliphatic rings. The van der Waals surface area contributed by atoms with Gasteiger partial charge in [0, 0.05) is 26.2 Å². The minimum atomic E-state index is -0.760. The van der Waals surface area contributed by atoms with E-state index in [0.717, 1.165) is 0 Å². The first-order valence-electron chi connectivity index (χ1n) is 7.21. The Morgan fingerprint density at radius 1 is 1.50 bits per heavy atom. The molecule has 0 bridgehead atoms. The molecule has 1 aliphatic heterocycles. The summed E-state index contributed by atoms with van der Waals surface area (Å²) in [4.78, 5) is 27.2. The Hall–Kier alpha value is -1.30. The van der Waals surface area contributed by atoms with E-state index in [4.69, 9.17) is 9.84 Å². The van der Waals surface area contributed by atoms with Crippen molar-refractivity contribution in [2.24, 2.45) is 5.92 Å². The zero-order chi connectivity index (χ0) is 15.3. The molecule has 20 heavy (non-hydrogen) atoms. The second-order valence-corrected chi connectivity index (χ2v) is 5.47. The number of carbonyl (C=O) groups is 2. The Labute approximate surface area is 120 Å². The van der Waals surface area contributed by atoms with Gasteiger partial charge >= 0.3 is 12.0 Å². The Morgan fingerprint density at radius 3 is 2.60 bits per heavy atom. The van der Waals surface area contributed by atoms with Gasteiger partial charge in [-0.3, -0.25) is 4.79 Å². The van der Waals surface area contributed by atoms with Crippen LogP contribution in [0.3, 0.4) is 0 Å². The number of carboxylic acids is 1. The van der Waals surface area contributed by atoms with Gasteiger partial charge in [0.1, 0.15) is 0 Å². The Balaban J connectivity index is 2.69. The van der Waals surface area contributed by atoms with Crippen LogP contribution >= 0.6 is 0 Å². The molecule has 3 unspecified atom stereocenters. The molecular weight excluding hydrogens is 260 g/mol. The molecule has 1 saturated heterocycles. The molecule has 0 spiro atoms. The summed E-state index contributed by atoms with van der Waals surface area (Å²) in [6, 6.07) is -0.0450. The van der Waals surface area contributed by atoms with Gasteiger partial charge in [-0.2, -0.15) is 0 Å². The summed E-state index contributed by atoms with van der Waals surface area (Å²) in [7, 11) is 1.62. The number of hydrogen-bond donors (Lipinski definition) is 1. The number of methoxy groups -OCH3 is 1. The number of urea groups is 1. The number of ether oxygens (including phenoxy) is 1. The van der Waals surface area contributed by atoms with Crippen molar-refractivity contribution < 1.29 is 19.4 Å².